The lowest BCUT2D eigenvalue weighted by Crippen LogP contribution is -2.49. The summed E-state index contributed by atoms with van der Waals surface area (Å²) in [6, 6.07) is 9.32. The second-order valence-electron chi connectivity index (χ2n) is 11.5. The normalized spacial score (nSPS) is 18.0. The number of ether oxygens (including phenoxy) is 2. The van der Waals surface area contributed by atoms with Gasteiger partial charge in [0.2, 0.25) is 11.8 Å². The first kappa shape index (κ1) is 34.6. The van der Waals surface area contributed by atoms with E-state index in [9.17, 15) is 9.90 Å². The van der Waals surface area contributed by atoms with Gasteiger partial charge in [0.25, 0.3) is 0 Å². The lowest BCUT2D eigenvalue weighted by atomic mass is 9.97. The van der Waals surface area contributed by atoms with Crippen molar-refractivity contribution in [3.05, 3.63) is 57.9 Å². The van der Waals surface area contributed by atoms with Gasteiger partial charge in [-0.3, -0.25) is 9.80 Å². The Morgan fingerprint density at radius 1 is 1.11 bits per heavy atom. The SMILES string of the molecule is C=NC(=N/C=C(\C)Oc1cc(CN2CCC(COC(=O)NC)CC2)cc(-c2cc(Cl)cc(Cl)c2)n1)N1CCN(C[C@@H](C)O)CC1. The van der Waals surface area contributed by atoms with Gasteiger partial charge in [-0.1, -0.05) is 23.2 Å². The molecule has 2 aliphatic heterocycles. The number of aliphatic hydroxyl groups excluding tert-OH is 1. The summed E-state index contributed by atoms with van der Waals surface area (Å²) in [5, 5.41) is 13.2. The number of β-amino-alcohol motifs (C(OH)–C–C–N with tert-alkyl or cyclic N) is 1. The zero-order valence-electron chi connectivity index (χ0n) is 26.2. The number of allylic oxidation sites excluding steroid dienone is 1. The molecule has 2 aliphatic rings. The van der Waals surface area contributed by atoms with E-state index in [2.05, 4.69) is 36.7 Å². The number of nitrogens with zero attached hydrogens (tertiary/aromatic N) is 6. The molecular formula is C32H43Cl2N7O4. The van der Waals surface area contributed by atoms with Crippen molar-refractivity contribution in [2.75, 3.05) is 59.5 Å². The highest BCUT2D eigenvalue weighted by atomic mass is 35.5. The molecule has 0 saturated carbocycles. The second kappa shape index (κ2) is 16.9. The van der Waals surface area contributed by atoms with E-state index >= 15 is 0 Å². The highest BCUT2D eigenvalue weighted by molar-refractivity contribution is 6.35. The zero-order valence-corrected chi connectivity index (χ0v) is 27.7. The molecule has 0 aliphatic carbocycles. The fraction of sp³-hybridized carbons (Fsp3) is 0.500. The quantitative estimate of drug-likeness (QED) is 0.210. The summed E-state index contributed by atoms with van der Waals surface area (Å²) in [5.74, 6) is 1.84. The third-order valence-electron chi connectivity index (χ3n) is 7.73. The number of piperazine rings is 1. The minimum absolute atomic E-state index is 0.343. The number of rotatable bonds is 10. The minimum Gasteiger partial charge on any atom is -0.449 e. The molecule has 4 rings (SSSR count). The summed E-state index contributed by atoms with van der Waals surface area (Å²) in [5.41, 5.74) is 2.52. The fourth-order valence-electron chi connectivity index (χ4n) is 5.45. The monoisotopic (exact) mass is 659 g/mol. The molecule has 45 heavy (non-hydrogen) atoms. The minimum atomic E-state index is -0.394. The lowest BCUT2D eigenvalue weighted by Gasteiger charge is -2.35. The number of pyridine rings is 1. The summed E-state index contributed by atoms with van der Waals surface area (Å²) < 4.78 is 11.4. The van der Waals surface area contributed by atoms with Crippen molar-refractivity contribution in [1.29, 1.82) is 0 Å². The first-order valence-electron chi connectivity index (χ1n) is 15.2. The van der Waals surface area contributed by atoms with Crippen molar-refractivity contribution in [3.8, 4) is 17.1 Å². The molecule has 1 aromatic carbocycles. The predicted molar refractivity (Wildman–Crippen MR) is 179 cm³/mol. The van der Waals surface area contributed by atoms with Gasteiger partial charge in [-0.05, 0) is 82.2 Å². The third-order valence-corrected chi connectivity index (χ3v) is 8.17. The Morgan fingerprint density at radius 2 is 1.80 bits per heavy atom. The van der Waals surface area contributed by atoms with E-state index in [1.165, 1.54) is 0 Å². The van der Waals surface area contributed by atoms with E-state index in [-0.39, 0.29) is 6.10 Å². The summed E-state index contributed by atoms with van der Waals surface area (Å²) in [6.45, 7) is 14.0. The smallest absolute Gasteiger partial charge is 0.406 e. The molecule has 0 bridgehead atoms. The van der Waals surface area contributed by atoms with Crippen molar-refractivity contribution < 1.29 is 19.4 Å². The number of amides is 1. The number of hydrogen-bond donors (Lipinski definition) is 2. The average molecular weight is 661 g/mol. The Morgan fingerprint density at radius 3 is 2.42 bits per heavy atom. The van der Waals surface area contributed by atoms with Crippen LogP contribution in [-0.4, -0.2) is 109 Å². The van der Waals surface area contributed by atoms with E-state index in [0.717, 1.165) is 63.2 Å². The molecule has 2 fully saturated rings. The highest BCUT2D eigenvalue weighted by Crippen LogP contribution is 2.30. The molecule has 13 heteroatoms. The maximum atomic E-state index is 11.5. The van der Waals surface area contributed by atoms with Gasteiger partial charge in [0.1, 0.15) is 5.76 Å². The van der Waals surface area contributed by atoms with Crippen LogP contribution in [0.2, 0.25) is 10.0 Å². The zero-order chi connectivity index (χ0) is 32.3. The van der Waals surface area contributed by atoms with Crippen LogP contribution in [0.25, 0.3) is 11.3 Å². The molecular weight excluding hydrogens is 617 g/mol. The first-order valence-corrected chi connectivity index (χ1v) is 16.0. The Kier molecular flexibility index (Phi) is 13.0. The van der Waals surface area contributed by atoms with Crippen molar-refractivity contribution in [3.63, 3.8) is 0 Å². The van der Waals surface area contributed by atoms with Gasteiger partial charge in [0.15, 0.2) is 0 Å². The number of alkyl carbamates (subject to hydrolysis) is 1. The summed E-state index contributed by atoms with van der Waals surface area (Å²) in [4.78, 5) is 31.6. The number of guanidine groups is 1. The third kappa shape index (κ3) is 11.0. The van der Waals surface area contributed by atoms with Crippen LogP contribution in [0.15, 0.2) is 52.3 Å². The van der Waals surface area contributed by atoms with Crippen LogP contribution in [0.4, 0.5) is 4.79 Å². The summed E-state index contributed by atoms with van der Waals surface area (Å²) >= 11 is 12.6. The van der Waals surface area contributed by atoms with Crippen LogP contribution in [0.1, 0.15) is 32.3 Å². The van der Waals surface area contributed by atoms with Crippen LogP contribution in [0.5, 0.6) is 5.88 Å². The van der Waals surface area contributed by atoms with Crippen molar-refractivity contribution in [1.82, 2.24) is 25.0 Å². The molecule has 244 valence electrons. The van der Waals surface area contributed by atoms with Gasteiger partial charge in [0, 0.05) is 68.0 Å². The van der Waals surface area contributed by atoms with E-state index in [1.807, 2.05) is 31.2 Å². The van der Waals surface area contributed by atoms with E-state index in [0.29, 0.717) is 59.0 Å². The number of aliphatic hydroxyl groups is 1. The number of carbonyl (C=O) groups excluding carboxylic acids is 1. The van der Waals surface area contributed by atoms with Gasteiger partial charge >= 0.3 is 6.09 Å². The second-order valence-corrected chi connectivity index (χ2v) is 12.4. The van der Waals surface area contributed by atoms with E-state index in [1.54, 1.807) is 26.2 Å². The summed E-state index contributed by atoms with van der Waals surface area (Å²) in [7, 11) is 1.56. The number of carbonyl (C=O) groups is 1. The maximum Gasteiger partial charge on any atom is 0.406 e. The molecule has 3 heterocycles. The molecule has 1 atom stereocenters. The Labute approximate surface area is 275 Å². The fourth-order valence-corrected chi connectivity index (χ4v) is 5.98. The van der Waals surface area contributed by atoms with E-state index in [4.69, 9.17) is 37.7 Å². The maximum absolute atomic E-state index is 11.5. The lowest BCUT2D eigenvalue weighted by molar-refractivity contribution is 0.0955. The topological polar surface area (TPSA) is 115 Å². The van der Waals surface area contributed by atoms with Crippen LogP contribution < -0.4 is 10.1 Å². The van der Waals surface area contributed by atoms with Crippen molar-refractivity contribution in [2.45, 2.75) is 39.3 Å². The van der Waals surface area contributed by atoms with Crippen LogP contribution in [0, 0.1) is 5.92 Å². The molecule has 1 amide bonds. The molecule has 0 spiro atoms. The van der Waals surface area contributed by atoms with Gasteiger partial charge in [-0.25, -0.2) is 19.8 Å². The Hall–Kier alpha value is -3.22. The largest absolute Gasteiger partial charge is 0.449 e. The van der Waals surface area contributed by atoms with Crippen LogP contribution in [0.3, 0.4) is 0 Å². The van der Waals surface area contributed by atoms with Gasteiger partial charge in [0.05, 0.1) is 24.6 Å². The molecule has 2 aromatic rings. The first-order chi connectivity index (χ1) is 21.6. The molecule has 0 unspecified atom stereocenters. The number of likely N-dealkylation sites (tertiary alicyclic amines) is 1. The molecule has 1 aromatic heterocycles. The number of nitrogens with one attached hydrogen (secondary N) is 1. The number of benzene rings is 1. The Balaban J connectivity index is 1.47. The molecule has 0 radical (unpaired) electrons. The number of aliphatic imine (C=N–C) groups is 2. The van der Waals surface area contributed by atoms with Crippen LogP contribution in [-0.2, 0) is 11.3 Å². The molecule has 11 nitrogen and oxygen atoms in total. The summed E-state index contributed by atoms with van der Waals surface area (Å²) in [6.07, 6.45) is 2.76. The number of halogens is 2. The predicted octanol–water partition coefficient (Wildman–Crippen LogP) is 4.92. The number of aromatic nitrogens is 1. The Bertz CT molecular complexity index is 1350. The van der Waals surface area contributed by atoms with Crippen LogP contribution >= 0.6 is 23.2 Å². The van der Waals surface area contributed by atoms with E-state index < -0.39 is 6.09 Å². The molecule has 2 saturated heterocycles. The van der Waals surface area contributed by atoms with Gasteiger partial charge < -0.3 is 24.8 Å². The highest BCUT2D eigenvalue weighted by Gasteiger charge is 2.22. The van der Waals surface area contributed by atoms with Gasteiger partial charge in [-0.2, -0.15) is 0 Å². The standard InChI is InChI=1S/C32H43Cl2N7O4/c1-22(42)19-40-9-11-41(12-10-40)31(35-3)37-18-23(2)45-30-14-25(13-29(38-30)26-15-27(33)17-28(34)16-26)20-39-7-5-24(6-8-39)21-44-32(43)36-4/h13-18,22,24,42H,3,5-12,19-21H2,1-2,4H3,(H,36,43)/b23-18+,37-31?/t22-/m1/s1. The average Bonchev–Trinajstić information content (AvgIpc) is 3.00. The van der Waals surface area contributed by atoms with Gasteiger partial charge in [-0.15, -0.1) is 0 Å². The van der Waals surface area contributed by atoms with Crippen molar-refractivity contribution >= 4 is 42.0 Å². The van der Waals surface area contributed by atoms with Crippen molar-refractivity contribution in [2.24, 2.45) is 15.9 Å². The number of hydrogen-bond acceptors (Lipinski definition) is 8. The molecule has 2 N–H and O–H groups in total. The number of piperidine rings is 1.